The Kier molecular flexibility index (Phi) is 7.42. The van der Waals surface area contributed by atoms with Crippen LogP contribution in [0.2, 0.25) is 0 Å². The molecule has 0 saturated heterocycles. The third kappa shape index (κ3) is 5.50. The van der Waals surface area contributed by atoms with Crippen molar-refractivity contribution >= 4 is 23.0 Å². The van der Waals surface area contributed by atoms with Gasteiger partial charge in [-0.05, 0) is 37.2 Å². The number of rotatable bonds is 7. The fourth-order valence-corrected chi connectivity index (χ4v) is 2.04. The van der Waals surface area contributed by atoms with Crippen molar-refractivity contribution in [1.82, 2.24) is 4.90 Å². The Hall–Kier alpha value is -1.09. The standard InChI is InChI=1S/C15H24N2S/c1-3-5-12-17(13-6-4-2)15(18)16-14-10-8-7-9-11-14/h7-11H,3-6,12-13H2,1-2H3,(H,16,18). The SMILES string of the molecule is CCCCN(CCCC)C(=S)Nc1ccccc1. The first-order chi connectivity index (χ1) is 8.77. The molecule has 1 rings (SSSR count). The average molecular weight is 264 g/mol. The first kappa shape index (κ1) is 15.0. The Morgan fingerprint density at radius 2 is 1.61 bits per heavy atom. The van der Waals surface area contributed by atoms with Crippen molar-refractivity contribution in [1.29, 1.82) is 0 Å². The first-order valence-corrected chi connectivity index (χ1v) is 7.29. The van der Waals surface area contributed by atoms with Crippen LogP contribution in [0.25, 0.3) is 0 Å². The Morgan fingerprint density at radius 3 is 2.11 bits per heavy atom. The highest BCUT2D eigenvalue weighted by molar-refractivity contribution is 7.80. The zero-order valence-corrected chi connectivity index (χ0v) is 12.3. The Labute approximate surface area is 116 Å². The molecule has 100 valence electrons. The van der Waals surface area contributed by atoms with Crippen molar-refractivity contribution in [2.24, 2.45) is 0 Å². The summed E-state index contributed by atoms with van der Waals surface area (Å²) >= 11 is 5.50. The van der Waals surface area contributed by atoms with Gasteiger partial charge in [0.15, 0.2) is 5.11 Å². The Balaban J connectivity index is 2.52. The highest BCUT2D eigenvalue weighted by Crippen LogP contribution is 2.08. The molecule has 0 bridgehead atoms. The van der Waals surface area contributed by atoms with Crippen LogP contribution >= 0.6 is 12.2 Å². The van der Waals surface area contributed by atoms with Crippen LogP contribution < -0.4 is 5.32 Å². The van der Waals surface area contributed by atoms with Crippen molar-refractivity contribution in [3.05, 3.63) is 30.3 Å². The molecule has 1 aromatic rings. The summed E-state index contributed by atoms with van der Waals surface area (Å²) in [5, 5.41) is 4.17. The minimum Gasteiger partial charge on any atom is -0.349 e. The van der Waals surface area contributed by atoms with Gasteiger partial charge in [-0.15, -0.1) is 0 Å². The monoisotopic (exact) mass is 264 g/mol. The fraction of sp³-hybridized carbons (Fsp3) is 0.533. The molecule has 0 aliphatic carbocycles. The Bertz CT molecular complexity index is 330. The summed E-state index contributed by atoms with van der Waals surface area (Å²) in [6, 6.07) is 10.1. The molecule has 0 aliphatic rings. The maximum absolute atomic E-state index is 5.50. The number of nitrogens with one attached hydrogen (secondary N) is 1. The van der Waals surface area contributed by atoms with Crippen LogP contribution in [0, 0.1) is 0 Å². The molecule has 1 aromatic carbocycles. The Morgan fingerprint density at radius 1 is 1.06 bits per heavy atom. The van der Waals surface area contributed by atoms with Crippen LogP contribution in [0.3, 0.4) is 0 Å². The molecule has 0 unspecified atom stereocenters. The average Bonchev–Trinajstić information content (AvgIpc) is 2.40. The van der Waals surface area contributed by atoms with Crippen LogP contribution in [-0.4, -0.2) is 23.1 Å². The van der Waals surface area contributed by atoms with Gasteiger partial charge in [-0.2, -0.15) is 0 Å². The van der Waals surface area contributed by atoms with Crippen molar-refractivity contribution in [2.75, 3.05) is 18.4 Å². The predicted molar refractivity (Wildman–Crippen MR) is 84.1 cm³/mol. The molecule has 0 radical (unpaired) electrons. The third-order valence-electron chi connectivity index (χ3n) is 2.88. The summed E-state index contributed by atoms with van der Waals surface area (Å²) in [5.41, 5.74) is 1.07. The molecule has 0 amide bonds. The second-order valence-corrected chi connectivity index (χ2v) is 4.88. The van der Waals surface area contributed by atoms with E-state index in [-0.39, 0.29) is 0 Å². The van der Waals surface area contributed by atoms with Gasteiger partial charge < -0.3 is 10.2 Å². The van der Waals surface area contributed by atoms with E-state index in [1.54, 1.807) is 0 Å². The second-order valence-electron chi connectivity index (χ2n) is 4.49. The van der Waals surface area contributed by atoms with Crippen LogP contribution in [0.1, 0.15) is 39.5 Å². The summed E-state index contributed by atoms with van der Waals surface area (Å²) in [4.78, 5) is 2.29. The number of hydrogen-bond donors (Lipinski definition) is 1. The summed E-state index contributed by atoms with van der Waals surface area (Å²) < 4.78 is 0. The molecule has 0 spiro atoms. The number of hydrogen-bond acceptors (Lipinski definition) is 1. The normalized spacial score (nSPS) is 10.1. The molecule has 0 aromatic heterocycles. The van der Waals surface area contributed by atoms with Gasteiger partial charge in [-0.1, -0.05) is 44.9 Å². The van der Waals surface area contributed by atoms with Crippen molar-refractivity contribution in [2.45, 2.75) is 39.5 Å². The third-order valence-corrected chi connectivity index (χ3v) is 3.24. The molecule has 0 aliphatic heterocycles. The quantitative estimate of drug-likeness (QED) is 0.740. The molecular formula is C15H24N2S. The van der Waals surface area contributed by atoms with Gasteiger partial charge in [-0.25, -0.2) is 0 Å². The van der Waals surface area contributed by atoms with Gasteiger partial charge in [0.05, 0.1) is 0 Å². The van der Waals surface area contributed by atoms with E-state index in [4.69, 9.17) is 12.2 Å². The molecule has 2 nitrogen and oxygen atoms in total. The number of benzene rings is 1. The van der Waals surface area contributed by atoms with Gasteiger partial charge in [0, 0.05) is 18.8 Å². The first-order valence-electron chi connectivity index (χ1n) is 6.89. The highest BCUT2D eigenvalue weighted by atomic mass is 32.1. The van der Waals surface area contributed by atoms with Crippen LogP contribution in [0.4, 0.5) is 5.69 Å². The zero-order valence-electron chi connectivity index (χ0n) is 11.5. The van der Waals surface area contributed by atoms with Gasteiger partial charge in [0.2, 0.25) is 0 Å². The van der Waals surface area contributed by atoms with E-state index in [9.17, 15) is 0 Å². The summed E-state index contributed by atoms with van der Waals surface area (Å²) in [7, 11) is 0. The van der Waals surface area contributed by atoms with Crippen molar-refractivity contribution in [3.63, 3.8) is 0 Å². The molecule has 1 N–H and O–H groups in total. The second kappa shape index (κ2) is 8.92. The van der Waals surface area contributed by atoms with Crippen molar-refractivity contribution < 1.29 is 0 Å². The molecule has 0 saturated carbocycles. The van der Waals surface area contributed by atoms with E-state index in [1.165, 1.54) is 25.7 Å². The summed E-state index contributed by atoms with van der Waals surface area (Å²) in [6.45, 7) is 6.53. The van der Waals surface area contributed by atoms with E-state index in [0.717, 1.165) is 23.9 Å². The van der Waals surface area contributed by atoms with E-state index >= 15 is 0 Å². The minimum atomic E-state index is 0.850. The molecule has 0 atom stereocenters. The number of para-hydroxylation sites is 1. The topological polar surface area (TPSA) is 15.3 Å². The number of unbranched alkanes of at least 4 members (excludes halogenated alkanes) is 2. The van der Waals surface area contributed by atoms with E-state index in [1.807, 2.05) is 30.3 Å². The minimum absolute atomic E-state index is 0.850. The molecule has 3 heteroatoms. The maximum Gasteiger partial charge on any atom is 0.173 e. The van der Waals surface area contributed by atoms with Crippen LogP contribution in [0.5, 0.6) is 0 Å². The van der Waals surface area contributed by atoms with E-state index < -0.39 is 0 Å². The van der Waals surface area contributed by atoms with Gasteiger partial charge in [0.1, 0.15) is 0 Å². The number of anilines is 1. The lowest BCUT2D eigenvalue weighted by atomic mass is 10.3. The highest BCUT2D eigenvalue weighted by Gasteiger charge is 2.08. The van der Waals surface area contributed by atoms with E-state index in [2.05, 4.69) is 24.1 Å². The fourth-order valence-electron chi connectivity index (χ4n) is 1.74. The van der Waals surface area contributed by atoms with Crippen LogP contribution in [0.15, 0.2) is 30.3 Å². The largest absolute Gasteiger partial charge is 0.349 e. The molecule has 18 heavy (non-hydrogen) atoms. The number of thiocarbonyl (C=S) groups is 1. The molecule has 0 fully saturated rings. The van der Waals surface area contributed by atoms with E-state index in [0.29, 0.717) is 0 Å². The number of nitrogens with zero attached hydrogens (tertiary/aromatic N) is 1. The summed E-state index contributed by atoms with van der Waals surface area (Å²) in [5.74, 6) is 0. The predicted octanol–water partition coefficient (Wildman–Crippen LogP) is 4.29. The smallest absolute Gasteiger partial charge is 0.173 e. The van der Waals surface area contributed by atoms with Gasteiger partial charge >= 0.3 is 0 Å². The zero-order chi connectivity index (χ0) is 13.2. The van der Waals surface area contributed by atoms with Crippen molar-refractivity contribution in [3.8, 4) is 0 Å². The molecule has 0 heterocycles. The van der Waals surface area contributed by atoms with Crippen LogP contribution in [-0.2, 0) is 0 Å². The lowest BCUT2D eigenvalue weighted by Crippen LogP contribution is -2.36. The lowest BCUT2D eigenvalue weighted by Gasteiger charge is -2.25. The summed E-state index contributed by atoms with van der Waals surface area (Å²) in [6.07, 6.45) is 4.80. The lowest BCUT2D eigenvalue weighted by molar-refractivity contribution is 0.403. The maximum atomic E-state index is 5.50. The molecular weight excluding hydrogens is 240 g/mol. The van der Waals surface area contributed by atoms with Gasteiger partial charge in [-0.3, -0.25) is 0 Å². The van der Waals surface area contributed by atoms with Gasteiger partial charge in [0.25, 0.3) is 0 Å².